The van der Waals surface area contributed by atoms with Crippen molar-refractivity contribution in [1.29, 1.82) is 0 Å². The van der Waals surface area contributed by atoms with E-state index in [1.807, 2.05) is 0 Å². The van der Waals surface area contributed by atoms with Crippen LogP contribution in [-0.4, -0.2) is 30.4 Å². The van der Waals surface area contributed by atoms with Crippen LogP contribution in [0.15, 0.2) is 42.5 Å². The van der Waals surface area contributed by atoms with E-state index in [-0.39, 0.29) is 30.2 Å². The summed E-state index contributed by atoms with van der Waals surface area (Å²) < 4.78 is 5.14. The van der Waals surface area contributed by atoms with Crippen LogP contribution in [0.3, 0.4) is 0 Å². The molecule has 3 rings (SSSR count). The molecule has 1 aliphatic rings. The number of nitrogens with one attached hydrogen (secondary N) is 1. The predicted molar refractivity (Wildman–Crippen MR) is 100 cm³/mol. The average Bonchev–Trinajstić information content (AvgIpc) is 3.03. The van der Waals surface area contributed by atoms with Crippen molar-refractivity contribution >= 4 is 40.5 Å². The number of non-ortho nitro benzene ring substituents is 1. The molecule has 2 aromatic rings. The third-order valence-corrected chi connectivity index (χ3v) is 4.50. The van der Waals surface area contributed by atoms with Crippen LogP contribution in [0, 0.1) is 16.0 Å². The first-order valence-electron chi connectivity index (χ1n) is 8.08. The number of ether oxygens (including phenoxy) is 1. The smallest absolute Gasteiger partial charge is 0.271 e. The Hall–Kier alpha value is -3.13. The maximum absolute atomic E-state index is 12.6. The van der Waals surface area contributed by atoms with Gasteiger partial charge in [0, 0.05) is 35.8 Å². The second kappa shape index (κ2) is 7.63. The van der Waals surface area contributed by atoms with Crippen molar-refractivity contribution in [3.8, 4) is 5.75 Å². The van der Waals surface area contributed by atoms with Crippen molar-refractivity contribution in [1.82, 2.24) is 0 Å². The second-order valence-corrected chi connectivity index (χ2v) is 6.45. The van der Waals surface area contributed by atoms with Crippen LogP contribution in [-0.2, 0) is 9.59 Å². The Bertz CT molecular complexity index is 918. The number of methoxy groups -OCH3 is 1. The zero-order valence-corrected chi connectivity index (χ0v) is 15.1. The van der Waals surface area contributed by atoms with Gasteiger partial charge >= 0.3 is 0 Å². The molecule has 1 N–H and O–H groups in total. The number of hydrogen-bond donors (Lipinski definition) is 1. The Morgan fingerprint density at radius 2 is 2.11 bits per heavy atom. The van der Waals surface area contributed by atoms with Gasteiger partial charge in [0.2, 0.25) is 11.8 Å². The summed E-state index contributed by atoms with van der Waals surface area (Å²) in [7, 11) is 1.40. The first kappa shape index (κ1) is 18.7. The Morgan fingerprint density at radius 3 is 2.78 bits per heavy atom. The van der Waals surface area contributed by atoms with E-state index in [2.05, 4.69) is 5.32 Å². The van der Waals surface area contributed by atoms with Gasteiger partial charge in [-0.1, -0.05) is 17.7 Å². The molecule has 0 spiro atoms. The first-order valence-corrected chi connectivity index (χ1v) is 8.46. The summed E-state index contributed by atoms with van der Waals surface area (Å²) in [5.41, 5.74) is 0.634. The minimum atomic E-state index is -0.597. The fraction of sp³-hybridized carbons (Fsp3) is 0.222. The lowest BCUT2D eigenvalue weighted by atomic mass is 10.1. The number of amides is 2. The Balaban J connectivity index is 1.77. The number of rotatable bonds is 5. The molecule has 140 valence electrons. The maximum atomic E-state index is 12.6. The van der Waals surface area contributed by atoms with Crippen LogP contribution in [0.4, 0.5) is 17.1 Å². The summed E-state index contributed by atoms with van der Waals surface area (Å²) in [4.78, 5) is 36.8. The SMILES string of the molecule is COc1ccc([N+](=O)[O-])cc1NC(=O)C1CC(=O)N(c2cccc(Cl)c2)C1. The normalized spacial score (nSPS) is 16.3. The lowest BCUT2D eigenvalue weighted by Gasteiger charge is -2.17. The summed E-state index contributed by atoms with van der Waals surface area (Å²) in [5.74, 6) is -0.902. The van der Waals surface area contributed by atoms with Crippen molar-refractivity contribution in [3.05, 3.63) is 57.6 Å². The van der Waals surface area contributed by atoms with E-state index in [0.717, 1.165) is 0 Å². The summed E-state index contributed by atoms with van der Waals surface area (Å²) in [6.07, 6.45) is 0.0373. The van der Waals surface area contributed by atoms with E-state index in [4.69, 9.17) is 16.3 Å². The van der Waals surface area contributed by atoms with Gasteiger partial charge in [0.1, 0.15) is 5.75 Å². The van der Waals surface area contributed by atoms with Gasteiger partial charge in [-0.15, -0.1) is 0 Å². The van der Waals surface area contributed by atoms with Crippen molar-refractivity contribution in [2.24, 2.45) is 5.92 Å². The molecule has 2 amide bonds. The largest absolute Gasteiger partial charge is 0.495 e. The van der Waals surface area contributed by atoms with Crippen LogP contribution in [0.2, 0.25) is 5.02 Å². The van der Waals surface area contributed by atoms with Gasteiger partial charge in [-0.05, 0) is 24.3 Å². The van der Waals surface area contributed by atoms with E-state index in [1.165, 1.54) is 30.2 Å². The third-order valence-electron chi connectivity index (χ3n) is 4.27. The third kappa shape index (κ3) is 4.01. The van der Waals surface area contributed by atoms with E-state index in [0.29, 0.717) is 16.5 Å². The van der Waals surface area contributed by atoms with E-state index < -0.39 is 16.7 Å². The molecule has 0 radical (unpaired) electrons. The fourth-order valence-corrected chi connectivity index (χ4v) is 3.10. The molecule has 1 saturated heterocycles. The molecule has 0 bridgehead atoms. The van der Waals surface area contributed by atoms with Crippen LogP contribution in [0.1, 0.15) is 6.42 Å². The number of hydrogen-bond acceptors (Lipinski definition) is 5. The molecule has 1 fully saturated rings. The van der Waals surface area contributed by atoms with Crippen LogP contribution in [0.25, 0.3) is 0 Å². The number of nitrogens with zero attached hydrogens (tertiary/aromatic N) is 2. The Morgan fingerprint density at radius 1 is 1.33 bits per heavy atom. The number of benzene rings is 2. The first-order chi connectivity index (χ1) is 12.9. The van der Waals surface area contributed by atoms with Gasteiger partial charge in [-0.2, -0.15) is 0 Å². The zero-order chi connectivity index (χ0) is 19.6. The minimum Gasteiger partial charge on any atom is -0.495 e. The highest BCUT2D eigenvalue weighted by atomic mass is 35.5. The van der Waals surface area contributed by atoms with Gasteiger partial charge in [-0.3, -0.25) is 19.7 Å². The average molecular weight is 390 g/mol. The summed E-state index contributed by atoms with van der Waals surface area (Å²) >= 11 is 5.96. The van der Waals surface area contributed by atoms with Gasteiger partial charge in [0.25, 0.3) is 5.69 Å². The van der Waals surface area contributed by atoms with Gasteiger partial charge < -0.3 is 15.0 Å². The molecule has 9 heteroatoms. The molecule has 1 atom stereocenters. The van der Waals surface area contributed by atoms with Crippen LogP contribution < -0.4 is 15.0 Å². The molecule has 1 heterocycles. The number of nitro groups is 1. The van der Waals surface area contributed by atoms with E-state index in [1.54, 1.807) is 24.3 Å². The van der Waals surface area contributed by atoms with E-state index in [9.17, 15) is 19.7 Å². The lowest BCUT2D eigenvalue weighted by Crippen LogP contribution is -2.28. The molecule has 0 aromatic heterocycles. The molecule has 8 nitrogen and oxygen atoms in total. The van der Waals surface area contributed by atoms with E-state index >= 15 is 0 Å². The zero-order valence-electron chi connectivity index (χ0n) is 14.3. The summed E-state index contributed by atoms with van der Waals surface area (Å²) in [6, 6.07) is 10.7. The Labute approximate surface area is 159 Å². The van der Waals surface area contributed by atoms with Crippen LogP contribution >= 0.6 is 11.6 Å². The maximum Gasteiger partial charge on any atom is 0.271 e. The molecule has 1 aliphatic heterocycles. The number of carbonyl (C=O) groups excluding carboxylic acids is 2. The number of halogens is 1. The van der Waals surface area contributed by atoms with Gasteiger partial charge in [0.15, 0.2) is 0 Å². The number of anilines is 2. The molecule has 0 aliphatic carbocycles. The molecule has 27 heavy (non-hydrogen) atoms. The van der Waals surface area contributed by atoms with Gasteiger partial charge in [0.05, 0.1) is 23.6 Å². The molecule has 1 unspecified atom stereocenters. The topological polar surface area (TPSA) is 102 Å². The van der Waals surface area contributed by atoms with Crippen molar-refractivity contribution in [3.63, 3.8) is 0 Å². The number of carbonyl (C=O) groups is 2. The quantitative estimate of drug-likeness (QED) is 0.624. The highest BCUT2D eigenvalue weighted by Crippen LogP contribution is 2.31. The monoisotopic (exact) mass is 389 g/mol. The standard InChI is InChI=1S/C18H16ClN3O5/c1-27-16-6-5-14(22(25)26)9-15(16)20-18(24)11-7-17(23)21(10-11)13-4-2-3-12(19)8-13/h2-6,8-9,11H,7,10H2,1H3,(H,20,24). The molecular weight excluding hydrogens is 374 g/mol. The number of nitro benzene ring substituents is 1. The predicted octanol–water partition coefficient (Wildman–Crippen LogP) is 3.25. The second-order valence-electron chi connectivity index (χ2n) is 6.02. The Kier molecular flexibility index (Phi) is 5.27. The molecule has 0 saturated carbocycles. The van der Waals surface area contributed by atoms with Crippen molar-refractivity contribution in [2.75, 3.05) is 23.9 Å². The molecular formula is C18H16ClN3O5. The lowest BCUT2D eigenvalue weighted by molar-refractivity contribution is -0.384. The highest BCUT2D eigenvalue weighted by molar-refractivity contribution is 6.31. The highest BCUT2D eigenvalue weighted by Gasteiger charge is 2.35. The summed E-state index contributed by atoms with van der Waals surface area (Å²) in [6.45, 7) is 0.197. The summed E-state index contributed by atoms with van der Waals surface area (Å²) in [5, 5.41) is 14.1. The molecule has 2 aromatic carbocycles. The minimum absolute atomic E-state index is 0.0373. The van der Waals surface area contributed by atoms with Crippen LogP contribution in [0.5, 0.6) is 5.75 Å². The van der Waals surface area contributed by atoms with Crippen molar-refractivity contribution in [2.45, 2.75) is 6.42 Å². The van der Waals surface area contributed by atoms with Crippen molar-refractivity contribution < 1.29 is 19.2 Å². The fourth-order valence-electron chi connectivity index (χ4n) is 2.92. The van der Waals surface area contributed by atoms with Gasteiger partial charge in [-0.25, -0.2) is 0 Å².